The lowest BCUT2D eigenvalue weighted by Gasteiger charge is -2.10. The largest absolute Gasteiger partial charge is 0.253 e. The van der Waals surface area contributed by atoms with E-state index in [0.29, 0.717) is 11.0 Å². The van der Waals surface area contributed by atoms with Gasteiger partial charge < -0.3 is 0 Å². The molecule has 2 aromatic rings. The maximum absolute atomic E-state index is 6.13. The number of pyridine rings is 1. The van der Waals surface area contributed by atoms with Crippen LogP contribution in [0.25, 0.3) is 11.5 Å². The van der Waals surface area contributed by atoms with Crippen molar-refractivity contribution in [1.82, 2.24) is 15.0 Å². The highest BCUT2D eigenvalue weighted by atomic mass is 79.9. The molecule has 0 amide bonds. The molecule has 5 heteroatoms. The molecule has 0 bridgehead atoms. The van der Waals surface area contributed by atoms with E-state index in [0.717, 1.165) is 21.4 Å². The molecule has 3 nitrogen and oxygen atoms in total. The van der Waals surface area contributed by atoms with Crippen LogP contribution in [0.5, 0.6) is 0 Å². The molecule has 18 heavy (non-hydrogen) atoms. The van der Waals surface area contributed by atoms with Crippen molar-refractivity contribution in [3.05, 3.63) is 39.2 Å². The van der Waals surface area contributed by atoms with Gasteiger partial charge in [-0.1, -0.05) is 25.4 Å². The van der Waals surface area contributed by atoms with Crippen molar-refractivity contribution >= 4 is 27.5 Å². The average molecular weight is 327 g/mol. The first-order valence-electron chi connectivity index (χ1n) is 5.65. The van der Waals surface area contributed by atoms with Gasteiger partial charge in [-0.05, 0) is 46.5 Å². The molecule has 0 N–H and O–H groups in total. The summed E-state index contributed by atoms with van der Waals surface area (Å²) >= 11 is 9.55. The Morgan fingerprint density at radius 1 is 1.28 bits per heavy atom. The molecule has 2 aromatic heterocycles. The van der Waals surface area contributed by atoms with E-state index in [9.17, 15) is 0 Å². The zero-order chi connectivity index (χ0) is 13.3. The van der Waals surface area contributed by atoms with Gasteiger partial charge >= 0.3 is 0 Å². The normalized spacial score (nSPS) is 11.0. The fourth-order valence-corrected chi connectivity index (χ4v) is 2.40. The van der Waals surface area contributed by atoms with Gasteiger partial charge in [0.2, 0.25) is 0 Å². The molecule has 0 unspecified atom stereocenters. The van der Waals surface area contributed by atoms with E-state index in [1.807, 2.05) is 19.1 Å². The lowest BCUT2D eigenvalue weighted by Crippen LogP contribution is -2.01. The minimum atomic E-state index is 0.267. The minimum absolute atomic E-state index is 0.267. The second-order valence-electron chi connectivity index (χ2n) is 4.41. The van der Waals surface area contributed by atoms with Crippen LogP contribution in [0.4, 0.5) is 0 Å². The standard InChI is InChI=1S/C13H13BrClN3/c1-7(2)11-10(14)12(15)18-13(17-11)9-6-8(3)4-5-16-9/h4-7H,1-3H3. The molecule has 0 aliphatic heterocycles. The van der Waals surface area contributed by atoms with Gasteiger partial charge in [0.1, 0.15) is 10.8 Å². The molecule has 0 aromatic carbocycles. The van der Waals surface area contributed by atoms with Crippen LogP contribution in [-0.4, -0.2) is 15.0 Å². The van der Waals surface area contributed by atoms with Crippen molar-refractivity contribution in [1.29, 1.82) is 0 Å². The molecule has 0 atom stereocenters. The van der Waals surface area contributed by atoms with Gasteiger partial charge in [-0.3, -0.25) is 4.98 Å². The van der Waals surface area contributed by atoms with Crippen LogP contribution in [0.15, 0.2) is 22.8 Å². The maximum Gasteiger partial charge on any atom is 0.179 e. The molecule has 0 spiro atoms. The number of nitrogens with zero attached hydrogens (tertiary/aromatic N) is 3. The van der Waals surface area contributed by atoms with Crippen LogP contribution in [0, 0.1) is 6.92 Å². The van der Waals surface area contributed by atoms with Crippen LogP contribution in [0.3, 0.4) is 0 Å². The first-order chi connectivity index (χ1) is 8.49. The second kappa shape index (κ2) is 5.33. The summed E-state index contributed by atoms with van der Waals surface area (Å²) in [7, 11) is 0. The third kappa shape index (κ3) is 2.70. The Kier molecular flexibility index (Phi) is 3.97. The maximum atomic E-state index is 6.13. The molecular formula is C13H13BrClN3. The molecular weight excluding hydrogens is 314 g/mol. The van der Waals surface area contributed by atoms with Crippen LogP contribution in [-0.2, 0) is 0 Å². The Morgan fingerprint density at radius 2 is 2.00 bits per heavy atom. The van der Waals surface area contributed by atoms with Crippen molar-refractivity contribution in [2.24, 2.45) is 0 Å². The highest BCUT2D eigenvalue weighted by Crippen LogP contribution is 2.30. The van der Waals surface area contributed by atoms with E-state index in [2.05, 4.69) is 44.7 Å². The average Bonchev–Trinajstić information content (AvgIpc) is 2.32. The summed E-state index contributed by atoms with van der Waals surface area (Å²) in [5.74, 6) is 0.832. The highest BCUT2D eigenvalue weighted by molar-refractivity contribution is 9.10. The van der Waals surface area contributed by atoms with Gasteiger partial charge in [-0.25, -0.2) is 9.97 Å². The number of aryl methyl sites for hydroxylation is 1. The predicted octanol–water partition coefficient (Wildman–Crippen LogP) is 4.39. The molecule has 0 aliphatic rings. The predicted molar refractivity (Wildman–Crippen MR) is 76.8 cm³/mol. The van der Waals surface area contributed by atoms with Crippen molar-refractivity contribution < 1.29 is 0 Å². The quantitative estimate of drug-likeness (QED) is 0.768. The Hall–Kier alpha value is -1.00. The van der Waals surface area contributed by atoms with E-state index in [-0.39, 0.29) is 5.92 Å². The number of hydrogen-bond donors (Lipinski definition) is 0. The summed E-state index contributed by atoms with van der Waals surface area (Å²) < 4.78 is 0.760. The summed E-state index contributed by atoms with van der Waals surface area (Å²) in [6.45, 7) is 6.14. The number of aromatic nitrogens is 3. The second-order valence-corrected chi connectivity index (χ2v) is 5.56. The van der Waals surface area contributed by atoms with E-state index in [4.69, 9.17) is 11.6 Å². The van der Waals surface area contributed by atoms with Crippen LogP contribution < -0.4 is 0 Å². The third-order valence-corrected chi connectivity index (χ3v) is 3.81. The SMILES string of the molecule is Cc1ccnc(-c2nc(Cl)c(Br)c(C(C)C)n2)c1. The van der Waals surface area contributed by atoms with Crippen LogP contribution >= 0.6 is 27.5 Å². The van der Waals surface area contributed by atoms with Crippen molar-refractivity contribution in [3.8, 4) is 11.5 Å². The van der Waals surface area contributed by atoms with Gasteiger partial charge in [0.05, 0.1) is 10.2 Å². The van der Waals surface area contributed by atoms with Gasteiger partial charge in [0.25, 0.3) is 0 Å². The fourth-order valence-electron chi connectivity index (χ4n) is 1.59. The molecule has 0 radical (unpaired) electrons. The number of rotatable bonds is 2. The highest BCUT2D eigenvalue weighted by Gasteiger charge is 2.15. The Balaban J connectivity index is 2.59. The summed E-state index contributed by atoms with van der Waals surface area (Å²) in [6.07, 6.45) is 1.75. The van der Waals surface area contributed by atoms with Gasteiger partial charge in [0.15, 0.2) is 5.82 Å². The number of hydrogen-bond acceptors (Lipinski definition) is 3. The topological polar surface area (TPSA) is 38.7 Å². The monoisotopic (exact) mass is 325 g/mol. The lowest BCUT2D eigenvalue weighted by atomic mass is 10.1. The smallest absolute Gasteiger partial charge is 0.179 e. The van der Waals surface area contributed by atoms with Crippen molar-refractivity contribution in [3.63, 3.8) is 0 Å². The van der Waals surface area contributed by atoms with Crippen LogP contribution in [0.1, 0.15) is 31.0 Å². The van der Waals surface area contributed by atoms with Gasteiger partial charge in [-0.15, -0.1) is 0 Å². The molecule has 94 valence electrons. The third-order valence-electron chi connectivity index (χ3n) is 2.53. The minimum Gasteiger partial charge on any atom is -0.253 e. The summed E-state index contributed by atoms with van der Waals surface area (Å²) in [6, 6.07) is 3.89. The van der Waals surface area contributed by atoms with E-state index >= 15 is 0 Å². The Morgan fingerprint density at radius 3 is 2.61 bits per heavy atom. The zero-order valence-corrected chi connectivity index (χ0v) is 12.7. The summed E-state index contributed by atoms with van der Waals surface area (Å²) in [4.78, 5) is 13.1. The number of halogens is 2. The molecule has 0 aliphatic carbocycles. The molecule has 0 saturated heterocycles. The lowest BCUT2D eigenvalue weighted by molar-refractivity contribution is 0.808. The van der Waals surface area contributed by atoms with E-state index in [1.165, 1.54) is 0 Å². The van der Waals surface area contributed by atoms with Gasteiger partial charge in [0, 0.05) is 6.20 Å². The zero-order valence-electron chi connectivity index (χ0n) is 10.4. The van der Waals surface area contributed by atoms with E-state index in [1.54, 1.807) is 6.20 Å². The summed E-state index contributed by atoms with van der Waals surface area (Å²) in [5, 5.41) is 0.423. The van der Waals surface area contributed by atoms with Crippen molar-refractivity contribution in [2.75, 3.05) is 0 Å². The molecule has 0 saturated carbocycles. The fraction of sp³-hybridized carbons (Fsp3) is 0.308. The molecule has 2 heterocycles. The molecule has 0 fully saturated rings. The first-order valence-corrected chi connectivity index (χ1v) is 6.82. The Labute approximate surface area is 120 Å². The van der Waals surface area contributed by atoms with Crippen molar-refractivity contribution in [2.45, 2.75) is 26.7 Å². The Bertz CT molecular complexity index is 584. The first kappa shape index (κ1) is 13.4. The van der Waals surface area contributed by atoms with Gasteiger partial charge in [-0.2, -0.15) is 0 Å². The molecule has 2 rings (SSSR count). The summed E-state index contributed by atoms with van der Waals surface area (Å²) in [5.41, 5.74) is 2.76. The van der Waals surface area contributed by atoms with Crippen LogP contribution in [0.2, 0.25) is 5.15 Å². The van der Waals surface area contributed by atoms with E-state index < -0.39 is 0 Å².